The first-order chi connectivity index (χ1) is 16.9. The maximum Gasteiger partial charge on any atom is 0.210 e. The van der Waals surface area contributed by atoms with Crippen LogP contribution in [-0.2, 0) is 0 Å². The fourth-order valence-corrected chi connectivity index (χ4v) is 4.59. The van der Waals surface area contributed by atoms with Crippen LogP contribution < -0.4 is 0 Å². The molecule has 0 bridgehead atoms. The second kappa shape index (κ2) is 10.1. The van der Waals surface area contributed by atoms with Crippen molar-refractivity contribution >= 4 is 56.6 Å². The summed E-state index contributed by atoms with van der Waals surface area (Å²) in [5.41, 5.74) is 3.54. The molecule has 0 saturated heterocycles. The number of benzene rings is 3. The van der Waals surface area contributed by atoms with Gasteiger partial charge in [-0.05, 0) is 80.3 Å². The van der Waals surface area contributed by atoms with Crippen molar-refractivity contribution in [3.63, 3.8) is 0 Å². The summed E-state index contributed by atoms with van der Waals surface area (Å²) in [4.78, 5) is 26.8. The van der Waals surface area contributed by atoms with Crippen LogP contribution in [0.25, 0.3) is 27.5 Å². The van der Waals surface area contributed by atoms with Crippen molar-refractivity contribution in [2.45, 2.75) is 31.6 Å². The third kappa shape index (κ3) is 4.44. The highest BCUT2D eigenvalue weighted by Gasteiger charge is 2.20. The molecule has 4 rings (SSSR count). The van der Waals surface area contributed by atoms with Crippen LogP contribution >= 0.6 is 11.8 Å². The minimum Gasteiger partial charge on any atom is -0.411 e. The first-order valence-electron chi connectivity index (χ1n) is 11.1. The van der Waals surface area contributed by atoms with Crippen LogP contribution in [-0.4, -0.2) is 44.2 Å². The van der Waals surface area contributed by atoms with E-state index in [1.54, 1.807) is 36.0 Å². The highest BCUT2D eigenvalue weighted by Crippen LogP contribution is 2.34. The number of carbonyl (C=O) groups excluding carboxylic acids is 2. The van der Waals surface area contributed by atoms with E-state index in [1.165, 1.54) is 6.92 Å². The van der Waals surface area contributed by atoms with Gasteiger partial charge in [0.2, 0.25) is 11.6 Å². The van der Waals surface area contributed by atoms with E-state index in [2.05, 4.69) is 14.9 Å². The van der Waals surface area contributed by atoms with Gasteiger partial charge in [-0.3, -0.25) is 9.59 Å². The number of oxime groups is 2. The molecule has 0 spiro atoms. The lowest BCUT2D eigenvalue weighted by atomic mass is 10.00. The Morgan fingerprint density at radius 1 is 0.857 bits per heavy atom. The van der Waals surface area contributed by atoms with Gasteiger partial charge in [-0.1, -0.05) is 23.7 Å². The Hall–Kier alpha value is -3.91. The molecular formula is C27H25N3O4S. The molecule has 0 saturated carbocycles. The average Bonchev–Trinajstić information content (AvgIpc) is 3.23. The fraction of sp³-hybridized carbons (Fsp3) is 0.185. The lowest BCUT2D eigenvalue weighted by Gasteiger charge is -2.09. The number of nitrogens with zero attached hydrogens (tertiary/aromatic N) is 3. The minimum atomic E-state index is -0.385. The number of ketones is 2. The number of rotatable bonds is 8. The lowest BCUT2D eigenvalue weighted by molar-refractivity contribution is 0.105. The minimum absolute atomic E-state index is 0.0139. The van der Waals surface area contributed by atoms with E-state index in [0.717, 1.165) is 32.4 Å². The second-order valence-electron chi connectivity index (χ2n) is 8.14. The van der Waals surface area contributed by atoms with Crippen LogP contribution in [0.15, 0.2) is 75.9 Å². The van der Waals surface area contributed by atoms with E-state index >= 15 is 0 Å². The van der Waals surface area contributed by atoms with Crippen LogP contribution in [0.2, 0.25) is 0 Å². The molecule has 0 aliphatic carbocycles. The topological polar surface area (TPSA) is 104 Å². The standard InChI is InChI=1S/C27H25N3O4S/c1-4-5-23(29-34)27(32)18-7-13-25-22(15-18)21-14-17(26(31)16(2)28-33)6-12-24(21)30(25)19-8-10-20(35-3)11-9-19/h6-15,33-34H,4-5H2,1-3H3. The van der Waals surface area contributed by atoms with Crippen molar-refractivity contribution in [1.82, 2.24) is 4.57 Å². The van der Waals surface area contributed by atoms with Gasteiger partial charge in [0, 0.05) is 32.5 Å². The number of Topliss-reactive ketones (excluding diaryl/α,β-unsaturated/α-hetero) is 2. The van der Waals surface area contributed by atoms with Crippen molar-refractivity contribution in [2.24, 2.45) is 10.3 Å². The molecule has 0 unspecified atom stereocenters. The van der Waals surface area contributed by atoms with Gasteiger partial charge in [0.25, 0.3) is 0 Å². The van der Waals surface area contributed by atoms with Gasteiger partial charge in [-0.2, -0.15) is 0 Å². The van der Waals surface area contributed by atoms with E-state index < -0.39 is 0 Å². The Morgan fingerprint density at radius 3 is 1.91 bits per heavy atom. The van der Waals surface area contributed by atoms with E-state index in [9.17, 15) is 14.8 Å². The Balaban J connectivity index is 1.99. The van der Waals surface area contributed by atoms with Gasteiger partial charge in [0.1, 0.15) is 11.4 Å². The number of fused-ring (bicyclic) bond motifs is 3. The lowest BCUT2D eigenvalue weighted by Crippen LogP contribution is -2.14. The van der Waals surface area contributed by atoms with Gasteiger partial charge < -0.3 is 15.0 Å². The Labute approximate surface area is 206 Å². The van der Waals surface area contributed by atoms with Crippen molar-refractivity contribution < 1.29 is 20.0 Å². The predicted octanol–water partition coefficient (Wildman–Crippen LogP) is 6.35. The molecule has 1 aromatic heterocycles. The predicted molar refractivity (Wildman–Crippen MR) is 140 cm³/mol. The van der Waals surface area contributed by atoms with Gasteiger partial charge in [0.15, 0.2) is 0 Å². The smallest absolute Gasteiger partial charge is 0.210 e. The van der Waals surface area contributed by atoms with Crippen molar-refractivity contribution in [3.8, 4) is 5.69 Å². The summed E-state index contributed by atoms with van der Waals surface area (Å²) in [6.07, 6.45) is 3.07. The summed E-state index contributed by atoms with van der Waals surface area (Å²) in [7, 11) is 0. The zero-order valence-electron chi connectivity index (χ0n) is 19.6. The van der Waals surface area contributed by atoms with Gasteiger partial charge in [-0.15, -0.1) is 11.8 Å². The summed E-state index contributed by atoms with van der Waals surface area (Å²) in [6.45, 7) is 3.36. The molecule has 0 aliphatic rings. The van der Waals surface area contributed by atoms with Crippen LogP contribution in [0.1, 0.15) is 47.4 Å². The normalized spacial score (nSPS) is 12.4. The van der Waals surface area contributed by atoms with Crippen LogP contribution in [0.5, 0.6) is 0 Å². The number of carbonyl (C=O) groups is 2. The SMILES string of the molecule is CCCC(=NO)C(=O)c1ccc2c(c1)c1cc(C(=O)C(C)=NO)ccc1n2-c1ccc(SC)cc1. The molecule has 3 aromatic carbocycles. The van der Waals surface area contributed by atoms with Gasteiger partial charge in [0.05, 0.1) is 11.0 Å². The Kier molecular flexibility index (Phi) is 7.02. The third-order valence-corrected chi connectivity index (χ3v) is 6.71. The molecule has 0 aliphatic heterocycles. The number of hydrogen-bond donors (Lipinski definition) is 2. The fourth-order valence-electron chi connectivity index (χ4n) is 4.18. The summed E-state index contributed by atoms with van der Waals surface area (Å²) < 4.78 is 2.08. The molecule has 0 radical (unpaired) electrons. The zero-order chi connectivity index (χ0) is 25.1. The monoisotopic (exact) mass is 487 g/mol. The average molecular weight is 488 g/mol. The number of hydrogen-bond acceptors (Lipinski definition) is 7. The van der Waals surface area contributed by atoms with E-state index in [1.807, 2.05) is 49.6 Å². The molecule has 0 amide bonds. The maximum absolute atomic E-state index is 13.0. The Bertz CT molecular complexity index is 1500. The van der Waals surface area contributed by atoms with Crippen molar-refractivity contribution in [2.75, 3.05) is 6.26 Å². The molecular weight excluding hydrogens is 462 g/mol. The van der Waals surface area contributed by atoms with E-state index in [-0.39, 0.29) is 23.0 Å². The maximum atomic E-state index is 13.0. The molecule has 4 aromatic rings. The van der Waals surface area contributed by atoms with Crippen molar-refractivity contribution in [3.05, 3.63) is 71.8 Å². The third-order valence-electron chi connectivity index (χ3n) is 5.97. The molecule has 0 atom stereocenters. The van der Waals surface area contributed by atoms with Crippen LogP contribution in [0.4, 0.5) is 0 Å². The van der Waals surface area contributed by atoms with E-state index in [4.69, 9.17) is 5.21 Å². The van der Waals surface area contributed by atoms with Crippen molar-refractivity contribution in [1.29, 1.82) is 0 Å². The highest BCUT2D eigenvalue weighted by molar-refractivity contribution is 7.98. The largest absolute Gasteiger partial charge is 0.411 e. The molecule has 178 valence electrons. The first kappa shape index (κ1) is 24.2. The number of thioether (sulfide) groups is 1. The second-order valence-corrected chi connectivity index (χ2v) is 9.02. The molecule has 1 heterocycles. The molecule has 8 heteroatoms. The summed E-state index contributed by atoms with van der Waals surface area (Å²) in [5.74, 6) is -0.721. The van der Waals surface area contributed by atoms with Crippen LogP contribution in [0.3, 0.4) is 0 Å². The molecule has 35 heavy (non-hydrogen) atoms. The molecule has 7 nitrogen and oxygen atoms in total. The van der Waals surface area contributed by atoms with Gasteiger partial charge >= 0.3 is 0 Å². The van der Waals surface area contributed by atoms with E-state index in [0.29, 0.717) is 24.0 Å². The summed E-state index contributed by atoms with van der Waals surface area (Å²) in [5, 5.41) is 26.2. The highest BCUT2D eigenvalue weighted by atomic mass is 32.2. The molecule has 0 fully saturated rings. The van der Waals surface area contributed by atoms with Gasteiger partial charge in [-0.25, -0.2) is 0 Å². The quantitative estimate of drug-likeness (QED) is 0.0990. The zero-order valence-corrected chi connectivity index (χ0v) is 20.5. The van der Waals surface area contributed by atoms with Crippen LogP contribution in [0, 0.1) is 0 Å². The summed E-state index contributed by atoms with van der Waals surface area (Å²) >= 11 is 1.66. The Morgan fingerprint density at radius 2 is 1.43 bits per heavy atom. The number of aromatic nitrogens is 1. The molecule has 2 N–H and O–H groups in total. The summed E-state index contributed by atoms with van der Waals surface area (Å²) in [6, 6.07) is 18.8. The first-order valence-corrected chi connectivity index (χ1v) is 12.4.